The summed E-state index contributed by atoms with van der Waals surface area (Å²) in [5.74, 6) is -0.754. The van der Waals surface area contributed by atoms with E-state index < -0.39 is 28.5 Å². The van der Waals surface area contributed by atoms with Crippen molar-refractivity contribution in [3.05, 3.63) is 93.5 Å². The fourth-order valence-electron chi connectivity index (χ4n) is 5.44. The van der Waals surface area contributed by atoms with Crippen molar-refractivity contribution in [2.24, 2.45) is 0 Å². The predicted octanol–water partition coefficient (Wildman–Crippen LogP) is 6.67. The van der Waals surface area contributed by atoms with Crippen LogP contribution in [0.25, 0.3) is 0 Å². The molecule has 1 unspecified atom stereocenters. The highest BCUT2D eigenvalue weighted by Crippen LogP contribution is 2.29. The molecule has 42 heavy (non-hydrogen) atoms. The normalized spacial score (nSPS) is 14.4. The van der Waals surface area contributed by atoms with Gasteiger partial charge in [-0.2, -0.15) is 0 Å². The van der Waals surface area contributed by atoms with Gasteiger partial charge in [0.05, 0.1) is 20.6 Å². The molecule has 0 heterocycles. The van der Waals surface area contributed by atoms with E-state index in [2.05, 4.69) is 5.32 Å². The van der Waals surface area contributed by atoms with Crippen LogP contribution >= 0.6 is 23.2 Å². The fourth-order valence-corrected chi connectivity index (χ4v) is 7.26. The highest BCUT2D eigenvalue weighted by atomic mass is 35.5. The molecule has 0 aliphatic heterocycles. The second kappa shape index (κ2) is 13.9. The number of anilines is 1. The Bertz CT molecular complexity index is 1530. The van der Waals surface area contributed by atoms with Crippen LogP contribution in [0.15, 0.2) is 71.6 Å². The van der Waals surface area contributed by atoms with Crippen molar-refractivity contribution in [1.82, 2.24) is 10.2 Å². The number of carbonyl (C=O) groups excluding carboxylic acids is 2. The van der Waals surface area contributed by atoms with Gasteiger partial charge in [-0.25, -0.2) is 8.42 Å². The summed E-state index contributed by atoms with van der Waals surface area (Å²) in [5, 5.41) is 3.82. The van der Waals surface area contributed by atoms with Gasteiger partial charge in [0.25, 0.3) is 10.0 Å². The summed E-state index contributed by atoms with van der Waals surface area (Å²) in [6.45, 7) is 5.15. The molecule has 10 heteroatoms. The van der Waals surface area contributed by atoms with Gasteiger partial charge in [-0.3, -0.25) is 13.9 Å². The number of halogens is 2. The highest BCUT2D eigenvalue weighted by molar-refractivity contribution is 7.92. The van der Waals surface area contributed by atoms with E-state index in [9.17, 15) is 18.0 Å². The van der Waals surface area contributed by atoms with E-state index in [4.69, 9.17) is 23.2 Å². The number of rotatable bonds is 11. The molecule has 0 radical (unpaired) electrons. The second-order valence-electron chi connectivity index (χ2n) is 10.8. The van der Waals surface area contributed by atoms with Gasteiger partial charge < -0.3 is 10.2 Å². The molecule has 0 saturated heterocycles. The number of carbonyl (C=O) groups is 2. The summed E-state index contributed by atoms with van der Waals surface area (Å²) in [5.41, 5.74) is 2.75. The molecule has 2 amide bonds. The first-order chi connectivity index (χ1) is 20.0. The molecule has 1 aliphatic rings. The first-order valence-electron chi connectivity index (χ1n) is 14.2. The van der Waals surface area contributed by atoms with Crippen LogP contribution in [0.3, 0.4) is 0 Å². The van der Waals surface area contributed by atoms with E-state index in [1.54, 1.807) is 42.5 Å². The Morgan fingerprint density at radius 3 is 2.26 bits per heavy atom. The predicted molar refractivity (Wildman–Crippen MR) is 168 cm³/mol. The van der Waals surface area contributed by atoms with Gasteiger partial charge in [-0.15, -0.1) is 0 Å². The molecule has 4 rings (SSSR count). The van der Waals surface area contributed by atoms with Crippen molar-refractivity contribution < 1.29 is 18.0 Å². The van der Waals surface area contributed by atoms with Gasteiger partial charge in [-0.05, 0) is 74.6 Å². The molecule has 0 aromatic heterocycles. The molecule has 224 valence electrons. The Balaban J connectivity index is 1.74. The Kier molecular flexibility index (Phi) is 10.6. The van der Waals surface area contributed by atoms with Gasteiger partial charge in [0.15, 0.2) is 0 Å². The van der Waals surface area contributed by atoms with Crippen molar-refractivity contribution in [3.63, 3.8) is 0 Å². The molecule has 1 fully saturated rings. The lowest BCUT2D eigenvalue weighted by molar-refractivity contribution is -0.140. The van der Waals surface area contributed by atoms with Crippen LogP contribution in [0.5, 0.6) is 0 Å². The zero-order valence-corrected chi connectivity index (χ0v) is 26.5. The maximum absolute atomic E-state index is 14.3. The van der Waals surface area contributed by atoms with Crippen LogP contribution in [0.1, 0.15) is 55.7 Å². The van der Waals surface area contributed by atoms with Gasteiger partial charge in [0, 0.05) is 12.6 Å². The van der Waals surface area contributed by atoms with Crippen LogP contribution in [0.4, 0.5) is 5.69 Å². The number of hydrogen-bond acceptors (Lipinski definition) is 4. The van der Waals surface area contributed by atoms with Crippen LogP contribution in [-0.4, -0.2) is 43.8 Å². The van der Waals surface area contributed by atoms with Crippen LogP contribution < -0.4 is 9.62 Å². The van der Waals surface area contributed by atoms with Crippen molar-refractivity contribution >= 4 is 50.7 Å². The topological polar surface area (TPSA) is 86.8 Å². The standard InChI is InChI=1S/C32H37Cl2N3O4S/c1-4-29(32(39)35-25-10-8-9-11-25)36(20-24-15-16-27(33)28(34)19-24)31(38)21-37(30-17-14-22(2)18-23(30)3)42(40,41)26-12-6-5-7-13-26/h5-7,12-19,25,29H,4,8-11,20-21H2,1-3H3,(H,35,39). The number of aryl methyl sites for hydroxylation is 2. The third-order valence-electron chi connectivity index (χ3n) is 7.66. The number of benzene rings is 3. The van der Waals surface area contributed by atoms with Crippen LogP contribution in [0.2, 0.25) is 10.0 Å². The Labute approximate surface area is 258 Å². The molecular formula is C32H37Cl2N3O4S. The van der Waals surface area contributed by atoms with E-state index in [1.807, 2.05) is 32.9 Å². The lowest BCUT2D eigenvalue weighted by atomic mass is 10.1. The quantitative estimate of drug-likeness (QED) is 0.256. The molecule has 3 aromatic carbocycles. The molecule has 1 N–H and O–H groups in total. The van der Waals surface area contributed by atoms with Crippen LogP contribution in [0, 0.1) is 13.8 Å². The van der Waals surface area contributed by atoms with Gasteiger partial charge in [-0.1, -0.05) is 84.9 Å². The Morgan fingerprint density at radius 2 is 1.64 bits per heavy atom. The number of sulfonamides is 1. The van der Waals surface area contributed by atoms with Gasteiger partial charge in [0.2, 0.25) is 11.8 Å². The van der Waals surface area contributed by atoms with Crippen molar-refractivity contribution in [2.75, 3.05) is 10.8 Å². The minimum absolute atomic E-state index is 0.0540. The Hall–Kier alpha value is -3.07. The SMILES string of the molecule is CCC(C(=O)NC1CCCC1)N(Cc1ccc(Cl)c(Cl)c1)C(=O)CN(c1ccc(C)cc1C)S(=O)(=O)c1ccccc1. The van der Waals surface area contributed by atoms with Gasteiger partial charge >= 0.3 is 0 Å². The van der Waals surface area contributed by atoms with Gasteiger partial charge in [0.1, 0.15) is 12.6 Å². The van der Waals surface area contributed by atoms with E-state index in [1.165, 1.54) is 17.0 Å². The van der Waals surface area contributed by atoms with Crippen molar-refractivity contribution in [1.29, 1.82) is 0 Å². The summed E-state index contributed by atoms with van der Waals surface area (Å²) in [7, 11) is -4.13. The van der Waals surface area contributed by atoms with Crippen molar-refractivity contribution in [3.8, 4) is 0 Å². The third-order valence-corrected chi connectivity index (χ3v) is 10.2. The summed E-state index contributed by atoms with van der Waals surface area (Å²) < 4.78 is 29.2. The molecule has 1 atom stereocenters. The number of amides is 2. The zero-order chi connectivity index (χ0) is 30.4. The summed E-state index contributed by atoms with van der Waals surface area (Å²) in [6, 6.07) is 17.8. The van der Waals surface area contributed by atoms with E-state index in [0.29, 0.717) is 33.3 Å². The van der Waals surface area contributed by atoms with Crippen LogP contribution in [-0.2, 0) is 26.2 Å². The first kappa shape index (κ1) is 31.9. The largest absolute Gasteiger partial charge is 0.352 e. The highest BCUT2D eigenvalue weighted by Gasteiger charge is 2.35. The minimum Gasteiger partial charge on any atom is -0.352 e. The zero-order valence-electron chi connectivity index (χ0n) is 24.1. The molecule has 1 saturated carbocycles. The molecule has 3 aromatic rings. The van der Waals surface area contributed by atoms with Crippen molar-refractivity contribution in [2.45, 2.75) is 76.4 Å². The number of nitrogens with one attached hydrogen (secondary N) is 1. The maximum atomic E-state index is 14.3. The molecule has 0 spiro atoms. The Morgan fingerprint density at radius 1 is 0.952 bits per heavy atom. The maximum Gasteiger partial charge on any atom is 0.264 e. The molecular weight excluding hydrogens is 593 g/mol. The number of nitrogens with zero attached hydrogens (tertiary/aromatic N) is 2. The molecule has 1 aliphatic carbocycles. The molecule has 0 bridgehead atoms. The number of hydrogen-bond donors (Lipinski definition) is 1. The smallest absolute Gasteiger partial charge is 0.264 e. The summed E-state index contributed by atoms with van der Waals surface area (Å²) in [6.07, 6.45) is 4.25. The summed E-state index contributed by atoms with van der Waals surface area (Å²) in [4.78, 5) is 29.4. The average Bonchev–Trinajstić information content (AvgIpc) is 3.47. The monoisotopic (exact) mass is 629 g/mol. The molecule has 7 nitrogen and oxygen atoms in total. The minimum atomic E-state index is -4.13. The first-order valence-corrected chi connectivity index (χ1v) is 16.4. The summed E-state index contributed by atoms with van der Waals surface area (Å²) >= 11 is 12.4. The second-order valence-corrected chi connectivity index (χ2v) is 13.5. The average molecular weight is 631 g/mol. The van der Waals surface area contributed by atoms with E-state index >= 15 is 0 Å². The lowest BCUT2D eigenvalue weighted by Crippen LogP contribution is -2.53. The van der Waals surface area contributed by atoms with E-state index in [-0.39, 0.29) is 23.4 Å². The fraction of sp³-hybridized carbons (Fsp3) is 0.375. The third kappa shape index (κ3) is 7.46. The lowest BCUT2D eigenvalue weighted by Gasteiger charge is -2.34. The van der Waals surface area contributed by atoms with E-state index in [0.717, 1.165) is 35.6 Å².